The molecule has 0 bridgehead atoms. The Morgan fingerprint density at radius 3 is 2.00 bits per heavy atom. The summed E-state index contributed by atoms with van der Waals surface area (Å²) in [5, 5.41) is 12.2. The molecule has 5 rings (SSSR count). The number of piperazine rings is 1. The predicted molar refractivity (Wildman–Crippen MR) is 127 cm³/mol. The summed E-state index contributed by atoms with van der Waals surface area (Å²) in [4.78, 5) is 2.52. The number of rotatable bonds is 4. The van der Waals surface area contributed by atoms with Gasteiger partial charge in [0.15, 0.2) is 0 Å². The fourth-order valence-corrected chi connectivity index (χ4v) is 4.29. The highest BCUT2D eigenvalue weighted by Gasteiger charge is 2.15. The number of nitrogens with zero attached hydrogens (tertiary/aromatic N) is 3. The zero-order valence-corrected chi connectivity index (χ0v) is 17.5. The van der Waals surface area contributed by atoms with E-state index >= 15 is 0 Å². The van der Waals surface area contributed by atoms with Crippen molar-refractivity contribution >= 4 is 27.8 Å². The van der Waals surface area contributed by atoms with Gasteiger partial charge in [-0.25, -0.2) is 0 Å². The number of benzene rings is 4. The standard InChI is InChI=1S/C27H27N3/c1-21-10-12-22(13-11-21)20-29-14-16-30(17-15-29)28-19-27-25-8-4-2-6-23(25)18-24-7-3-5-9-26(24)27/h2-13,18-19H,14-17,20H2,1H3. The summed E-state index contributed by atoms with van der Waals surface area (Å²) in [6.45, 7) is 7.17. The van der Waals surface area contributed by atoms with Crippen LogP contribution >= 0.6 is 0 Å². The minimum Gasteiger partial charge on any atom is -0.295 e. The first kappa shape index (κ1) is 18.8. The van der Waals surface area contributed by atoms with Crippen LogP contribution in [0.1, 0.15) is 16.7 Å². The molecule has 1 fully saturated rings. The van der Waals surface area contributed by atoms with Crippen molar-refractivity contribution in [2.75, 3.05) is 26.2 Å². The maximum atomic E-state index is 4.89. The molecule has 150 valence electrons. The van der Waals surface area contributed by atoms with Crippen LogP contribution in [0.5, 0.6) is 0 Å². The van der Waals surface area contributed by atoms with Crippen LogP contribution < -0.4 is 0 Å². The summed E-state index contributed by atoms with van der Waals surface area (Å²) in [5.74, 6) is 0. The quantitative estimate of drug-likeness (QED) is 0.339. The molecule has 0 spiro atoms. The summed E-state index contributed by atoms with van der Waals surface area (Å²) in [7, 11) is 0. The predicted octanol–water partition coefficient (Wildman–Crippen LogP) is 5.45. The van der Waals surface area contributed by atoms with Crippen LogP contribution in [0.2, 0.25) is 0 Å². The number of aryl methyl sites for hydroxylation is 1. The largest absolute Gasteiger partial charge is 0.295 e. The normalized spacial score (nSPS) is 15.4. The number of fused-ring (bicyclic) bond motifs is 2. The average molecular weight is 394 g/mol. The van der Waals surface area contributed by atoms with E-state index in [9.17, 15) is 0 Å². The van der Waals surface area contributed by atoms with Crippen LogP contribution in [0.15, 0.2) is 84.0 Å². The van der Waals surface area contributed by atoms with E-state index < -0.39 is 0 Å². The number of hydrazone groups is 1. The van der Waals surface area contributed by atoms with Crippen LogP contribution in [-0.2, 0) is 6.54 Å². The maximum absolute atomic E-state index is 4.89. The van der Waals surface area contributed by atoms with Gasteiger partial charge in [0.2, 0.25) is 0 Å². The summed E-state index contributed by atoms with van der Waals surface area (Å²) < 4.78 is 0. The van der Waals surface area contributed by atoms with Crippen LogP contribution in [0.4, 0.5) is 0 Å². The Hall–Kier alpha value is -3.17. The van der Waals surface area contributed by atoms with E-state index in [0.29, 0.717) is 0 Å². The fraction of sp³-hybridized carbons (Fsp3) is 0.222. The maximum Gasteiger partial charge on any atom is 0.0555 e. The first-order chi connectivity index (χ1) is 14.8. The van der Waals surface area contributed by atoms with Crippen molar-refractivity contribution in [1.82, 2.24) is 9.91 Å². The molecule has 0 radical (unpaired) electrons. The van der Waals surface area contributed by atoms with E-state index in [1.54, 1.807) is 0 Å². The Kier molecular flexibility index (Phi) is 5.20. The summed E-state index contributed by atoms with van der Waals surface area (Å²) in [5.41, 5.74) is 3.92. The number of hydrogen-bond acceptors (Lipinski definition) is 3. The molecule has 0 saturated carbocycles. The summed E-state index contributed by atoms with van der Waals surface area (Å²) in [6, 6.07) is 28.3. The Labute approximate surface area is 178 Å². The average Bonchev–Trinajstić information content (AvgIpc) is 2.79. The number of hydrogen-bond donors (Lipinski definition) is 0. The minimum atomic E-state index is 0.963. The van der Waals surface area contributed by atoms with Gasteiger partial charge in [0.25, 0.3) is 0 Å². The second-order valence-corrected chi connectivity index (χ2v) is 8.19. The molecule has 30 heavy (non-hydrogen) atoms. The van der Waals surface area contributed by atoms with Gasteiger partial charge in [0.1, 0.15) is 0 Å². The Balaban J connectivity index is 1.32. The molecule has 4 aromatic rings. The van der Waals surface area contributed by atoms with Crippen LogP contribution in [0.3, 0.4) is 0 Å². The molecule has 1 aliphatic heterocycles. The zero-order chi connectivity index (χ0) is 20.3. The third-order valence-electron chi connectivity index (χ3n) is 6.04. The van der Waals surface area contributed by atoms with Crippen LogP contribution in [0.25, 0.3) is 21.5 Å². The molecule has 1 heterocycles. The molecular formula is C27H27N3. The van der Waals surface area contributed by atoms with Gasteiger partial charge in [-0.05, 0) is 40.1 Å². The lowest BCUT2D eigenvalue weighted by Gasteiger charge is -2.33. The molecule has 1 aliphatic rings. The third-order valence-corrected chi connectivity index (χ3v) is 6.04. The summed E-state index contributed by atoms with van der Waals surface area (Å²) >= 11 is 0. The van der Waals surface area contributed by atoms with Crippen molar-refractivity contribution < 1.29 is 0 Å². The van der Waals surface area contributed by atoms with E-state index in [1.165, 1.54) is 38.2 Å². The fourth-order valence-electron chi connectivity index (χ4n) is 4.29. The van der Waals surface area contributed by atoms with E-state index in [0.717, 1.165) is 32.7 Å². The lowest BCUT2D eigenvalue weighted by Crippen LogP contribution is -2.43. The molecule has 0 unspecified atom stereocenters. The summed E-state index contributed by atoms with van der Waals surface area (Å²) in [6.07, 6.45) is 2.07. The second-order valence-electron chi connectivity index (χ2n) is 8.19. The molecule has 3 nitrogen and oxygen atoms in total. The SMILES string of the molecule is Cc1ccc(CN2CCN(N=Cc3c4ccccc4cc4ccccc34)CC2)cc1. The lowest BCUT2D eigenvalue weighted by molar-refractivity contribution is 0.131. The van der Waals surface area contributed by atoms with Crippen molar-refractivity contribution in [3.05, 3.63) is 95.6 Å². The monoisotopic (exact) mass is 393 g/mol. The molecule has 0 amide bonds. The van der Waals surface area contributed by atoms with Gasteiger partial charge in [0.05, 0.1) is 6.21 Å². The van der Waals surface area contributed by atoms with E-state index in [2.05, 4.69) is 102 Å². The second kappa shape index (κ2) is 8.29. The molecule has 0 aliphatic carbocycles. The molecule has 0 aromatic heterocycles. The van der Waals surface area contributed by atoms with Gasteiger partial charge in [-0.3, -0.25) is 9.91 Å². The van der Waals surface area contributed by atoms with Crippen molar-refractivity contribution in [3.63, 3.8) is 0 Å². The highest BCUT2D eigenvalue weighted by atomic mass is 15.5. The van der Waals surface area contributed by atoms with Crippen LogP contribution in [0, 0.1) is 6.92 Å². The molecular weight excluding hydrogens is 366 g/mol. The van der Waals surface area contributed by atoms with Gasteiger partial charge in [0, 0.05) is 38.3 Å². The van der Waals surface area contributed by atoms with Crippen molar-refractivity contribution in [3.8, 4) is 0 Å². The highest BCUT2D eigenvalue weighted by Crippen LogP contribution is 2.27. The van der Waals surface area contributed by atoms with Crippen molar-refractivity contribution in [2.24, 2.45) is 5.10 Å². The van der Waals surface area contributed by atoms with E-state index in [1.807, 2.05) is 0 Å². The molecule has 0 N–H and O–H groups in total. The molecule has 3 heteroatoms. The zero-order valence-electron chi connectivity index (χ0n) is 17.5. The van der Waals surface area contributed by atoms with Gasteiger partial charge >= 0.3 is 0 Å². The smallest absolute Gasteiger partial charge is 0.0555 e. The van der Waals surface area contributed by atoms with E-state index in [4.69, 9.17) is 5.10 Å². The van der Waals surface area contributed by atoms with Crippen molar-refractivity contribution in [1.29, 1.82) is 0 Å². The Bertz CT molecular complexity index is 1130. The molecule has 1 saturated heterocycles. The molecule has 4 aromatic carbocycles. The van der Waals surface area contributed by atoms with Gasteiger partial charge in [-0.1, -0.05) is 78.4 Å². The highest BCUT2D eigenvalue weighted by molar-refractivity contribution is 6.13. The van der Waals surface area contributed by atoms with Gasteiger partial charge < -0.3 is 0 Å². The minimum absolute atomic E-state index is 0.963. The van der Waals surface area contributed by atoms with Crippen LogP contribution in [-0.4, -0.2) is 42.3 Å². The topological polar surface area (TPSA) is 18.8 Å². The van der Waals surface area contributed by atoms with Crippen molar-refractivity contribution in [2.45, 2.75) is 13.5 Å². The first-order valence-electron chi connectivity index (χ1n) is 10.7. The lowest BCUT2D eigenvalue weighted by atomic mass is 9.97. The Morgan fingerprint density at radius 2 is 1.37 bits per heavy atom. The molecule has 0 atom stereocenters. The Morgan fingerprint density at radius 1 is 0.767 bits per heavy atom. The van der Waals surface area contributed by atoms with Gasteiger partial charge in [-0.15, -0.1) is 0 Å². The third kappa shape index (κ3) is 3.94. The van der Waals surface area contributed by atoms with Gasteiger partial charge in [-0.2, -0.15) is 5.10 Å². The first-order valence-corrected chi connectivity index (χ1v) is 10.7. The van der Waals surface area contributed by atoms with E-state index in [-0.39, 0.29) is 0 Å².